The van der Waals surface area contributed by atoms with Crippen molar-refractivity contribution in [1.29, 1.82) is 0 Å². The van der Waals surface area contributed by atoms with Crippen LogP contribution in [0.4, 0.5) is 13.2 Å². The van der Waals surface area contributed by atoms with Crippen molar-refractivity contribution < 1.29 is 31.1 Å². The van der Waals surface area contributed by atoms with Crippen LogP contribution in [0.3, 0.4) is 0 Å². The molecule has 144 valence electrons. The van der Waals surface area contributed by atoms with Crippen molar-refractivity contribution in [2.45, 2.75) is 35.6 Å². The zero-order valence-corrected chi connectivity index (χ0v) is 14.9. The summed E-state index contributed by atoms with van der Waals surface area (Å²) >= 11 is 0. The third-order valence-electron chi connectivity index (χ3n) is 4.99. The number of hydrogen-bond acceptors (Lipinski definition) is 4. The third kappa shape index (κ3) is 3.73. The lowest BCUT2D eigenvalue weighted by molar-refractivity contribution is -0.140. The molecule has 0 N–H and O–H groups in total. The van der Waals surface area contributed by atoms with Crippen LogP contribution in [0.1, 0.15) is 24.8 Å². The first-order valence-corrected chi connectivity index (χ1v) is 10.0. The van der Waals surface area contributed by atoms with Crippen LogP contribution in [-0.4, -0.2) is 50.8 Å². The minimum Gasteiger partial charge on any atom is -0.378 e. The second-order valence-electron chi connectivity index (χ2n) is 6.61. The van der Waals surface area contributed by atoms with Gasteiger partial charge in [-0.05, 0) is 31.4 Å². The van der Waals surface area contributed by atoms with Gasteiger partial charge in [-0.15, -0.1) is 0 Å². The highest BCUT2D eigenvalue weighted by Crippen LogP contribution is 2.40. The zero-order chi connectivity index (χ0) is 18.9. The summed E-state index contributed by atoms with van der Waals surface area (Å²) in [7, 11) is -4.17. The van der Waals surface area contributed by atoms with Crippen molar-refractivity contribution in [3.05, 3.63) is 29.8 Å². The number of amides is 1. The molecule has 5 nitrogen and oxygen atoms in total. The molecule has 0 spiro atoms. The lowest BCUT2D eigenvalue weighted by Crippen LogP contribution is -2.43. The lowest BCUT2D eigenvalue weighted by Gasteiger charge is -2.29. The Labute approximate surface area is 150 Å². The minimum atomic E-state index is -4.74. The maximum atomic E-state index is 13.2. The molecular formula is C17H20F3NO4S. The first-order chi connectivity index (χ1) is 12.2. The van der Waals surface area contributed by atoms with Gasteiger partial charge in [-0.3, -0.25) is 4.79 Å². The molecule has 2 fully saturated rings. The summed E-state index contributed by atoms with van der Waals surface area (Å²) in [6.45, 7) is 1.81. The molecule has 1 saturated carbocycles. The van der Waals surface area contributed by atoms with Crippen molar-refractivity contribution in [3.63, 3.8) is 0 Å². The number of rotatable bonds is 3. The van der Waals surface area contributed by atoms with Gasteiger partial charge >= 0.3 is 6.18 Å². The van der Waals surface area contributed by atoms with Crippen molar-refractivity contribution in [3.8, 4) is 0 Å². The normalized spacial score (nSPS) is 24.7. The van der Waals surface area contributed by atoms with Crippen LogP contribution in [0.5, 0.6) is 0 Å². The van der Waals surface area contributed by atoms with Gasteiger partial charge in [-0.2, -0.15) is 13.2 Å². The molecule has 2 atom stereocenters. The largest absolute Gasteiger partial charge is 0.417 e. The molecule has 0 radical (unpaired) electrons. The number of carbonyl (C=O) groups is 1. The molecule has 3 rings (SSSR count). The van der Waals surface area contributed by atoms with Crippen LogP contribution in [0.25, 0.3) is 0 Å². The molecular weight excluding hydrogens is 371 g/mol. The van der Waals surface area contributed by atoms with E-state index in [9.17, 15) is 26.4 Å². The van der Waals surface area contributed by atoms with Gasteiger partial charge in [-0.1, -0.05) is 12.1 Å². The second-order valence-corrected chi connectivity index (χ2v) is 8.81. The first kappa shape index (κ1) is 19.2. The maximum Gasteiger partial charge on any atom is 0.417 e. The van der Waals surface area contributed by atoms with Gasteiger partial charge in [-0.25, -0.2) is 8.42 Å². The van der Waals surface area contributed by atoms with E-state index in [0.29, 0.717) is 32.7 Å². The quantitative estimate of drug-likeness (QED) is 0.794. The van der Waals surface area contributed by atoms with Crippen LogP contribution in [0.2, 0.25) is 0 Å². The Balaban J connectivity index is 1.79. The van der Waals surface area contributed by atoms with E-state index in [1.54, 1.807) is 4.90 Å². The molecule has 9 heteroatoms. The summed E-state index contributed by atoms with van der Waals surface area (Å²) in [4.78, 5) is 13.5. The number of halogens is 3. The van der Waals surface area contributed by atoms with E-state index in [1.807, 2.05) is 0 Å². The highest BCUT2D eigenvalue weighted by atomic mass is 32.2. The van der Waals surface area contributed by atoms with Crippen LogP contribution in [0, 0.1) is 5.92 Å². The Hall–Kier alpha value is -1.61. The highest BCUT2D eigenvalue weighted by Gasteiger charge is 2.43. The molecule has 2 aliphatic rings. The Morgan fingerprint density at radius 3 is 2.42 bits per heavy atom. The SMILES string of the molecule is O=C([C@@H]1CC[C@@H](S(=O)(=O)c2ccccc2C(F)(F)F)C1)N1CCOCC1. The molecule has 1 amide bonds. The smallest absolute Gasteiger partial charge is 0.378 e. The fraction of sp³-hybridized carbons (Fsp3) is 0.588. The summed E-state index contributed by atoms with van der Waals surface area (Å²) in [5.74, 6) is -0.596. The molecule has 1 aliphatic carbocycles. The van der Waals surface area contributed by atoms with E-state index in [1.165, 1.54) is 12.1 Å². The minimum absolute atomic E-state index is 0.0602. The van der Waals surface area contributed by atoms with Gasteiger partial charge in [0.25, 0.3) is 0 Å². The van der Waals surface area contributed by atoms with Gasteiger partial charge in [0.15, 0.2) is 9.84 Å². The van der Waals surface area contributed by atoms with Crippen molar-refractivity contribution in [2.24, 2.45) is 5.92 Å². The van der Waals surface area contributed by atoms with Gasteiger partial charge in [0.05, 0.1) is 28.9 Å². The zero-order valence-electron chi connectivity index (χ0n) is 14.0. The van der Waals surface area contributed by atoms with Gasteiger partial charge in [0, 0.05) is 19.0 Å². The molecule has 1 aromatic carbocycles. The fourth-order valence-corrected chi connectivity index (χ4v) is 5.67. The number of hydrogen-bond donors (Lipinski definition) is 0. The van der Waals surface area contributed by atoms with Crippen LogP contribution < -0.4 is 0 Å². The Morgan fingerprint density at radius 1 is 1.12 bits per heavy atom. The standard InChI is InChI=1S/C17H20F3NO4S/c18-17(19,20)14-3-1-2-4-15(14)26(23,24)13-6-5-12(11-13)16(22)21-7-9-25-10-8-21/h1-4,12-13H,5-11H2/t12-,13-/m1/s1. The molecule has 0 bridgehead atoms. The molecule has 0 unspecified atom stereocenters. The molecule has 0 aromatic heterocycles. The number of sulfone groups is 1. The molecule has 1 saturated heterocycles. The summed E-state index contributed by atoms with van der Waals surface area (Å²) in [6, 6.07) is 4.22. The topological polar surface area (TPSA) is 63.7 Å². The van der Waals surface area contributed by atoms with Gasteiger partial charge in [0.1, 0.15) is 0 Å². The van der Waals surface area contributed by atoms with E-state index < -0.39 is 37.6 Å². The third-order valence-corrected chi connectivity index (χ3v) is 7.27. The van der Waals surface area contributed by atoms with Crippen molar-refractivity contribution >= 4 is 15.7 Å². The number of carbonyl (C=O) groups excluding carboxylic acids is 1. The summed E-state index contributed by atoms with van der Waals surface area (Å²) in [5, 5.41) is -0.971. The van der Waals surface area contributed by atoms with E-state index in [2.05, 4.69) is 0 Å². The molecule has 1 aromatic rings. The predicted octanol–water partition coefficient (Wildman–Crippen LogP) is 2.51. The van der Waals surface area contributed by atoms with E-state index >= 15 is 0 Å². The predicted molar refractivity (Wildman–Crippen MR) is 87.2 cm³/mol. The number of ether oxygens (including phenoxy) is 1. The first-order valence-electron chi connectivity index (χ1n) is 8.48. The Morgan fingerprint density at radius 2 is 1.77 bits per heavy atom. The van der Waals surface area contributed by atoms with E-state index in [4.69, 9.17) is 4.74 Å². The average Bonchev–Trinajstić information content (AvgIpc) is 3.12. The molecule has 26 heavy (non-hydrogen) atoms. The lowest BCUT2D eigenvalue weighted by atomic mass is 10.1. The van der Waals surface area contributed by atoms with Crippen LogP contribution in [0.15, 0.2) is 29.2 Å². The highest BCUT2D eigenvalue weighted by molar-refractivity contribution is 7.92. The number of morpholine rings is 1. The van der Waals surface area contributed by atoms with Gasteiger partial charge < -0.3 is 9.64 Å². The number of alkyl halides is 3. The average molecular weight is 391 g/mol. The number of nitrogens with zero attached hydrogens (tertiary/aromatic N) is 1. The van der Waals surface area contributed by atoms with Crippen LogP contribution in [-0.2, 0) is 25.5 Å². The Kier molecular flexibility index (Phi) is 5.30. The van der Waals surface area contributed by atoms with Crippen molar-refractivity contribution in [2.75, 3.05) is 26.3 Å². The van der Waals surface area contributed by atoms with E-state index in [-0.39, 0.29) is 18.7 Å². The summed E-state index contributed by atoms with van der Waals surface area (Å²) in [6.07, 6.45) is -4.13. The molecule has 1 heterocycles. The van der Waals surface area contributed by atoms with Crippen LogP contribution >= 0.6 is 0 Å². The number of benzene rings is 1. The molecule has 1 aliphatic heterocycles. The summed E-state index contributed by atoms with van der Waals surface area (Å²) < 4.78 is 70.3. The van der Waals surface area contributed by atoms with Crippen molar-refractivity contribution in [1.82, 2.24) is 4.90 Å². The monoisotopic (exact) mass is 391 g/mol. The summed E-state index contributed by atoms with van der Waals surface area (Å²) in [5.41, 5.74) is -1.15. The fourth-order valence-electron chi connectivity index (χ4n) is 3.62. The maximum absolute atomic E-state index is 13.2. The van der Waals surface area contributed by atoms with E-state index in [0.717, 1.165) is 12.1 Å². The Bertz CT molecular complexity index is 772. The van der Waals surface area contributed by atoms with Gasteiger partial charge in [0.2, 0.25) is 5.91 Å². The second kappa shape index (κ2) is 7.19.